The average Bonchev–Trinajstić information content (AvgIpc) is 3.19. The van der Waals surface area contributed by atoms with Crippen LogP contribution in [0.4, 0.5) is 13.2 Å². The molecule has 0 aliphatic carbocycles. The summed E-state index contributed by atoms with van der Waals surface area (Å²) in [4.78, 5) is 21.4. The van der Waals surface area contributed by atoms with Crippen LogP contribution >= 0.6 is 0 Å². The van der Waals surface area contributed by atoms with Crippen molar-refractivity contribution in [2.75, 3.05) is 6.67 Å². The second-order valence-corrected chi connectivity index (χ2v) is 7.96. The molecule has 3 heterocycles. The summed E-state index contributed by atoms with van der Waals surface area (Å²) in [7, 11) is 0. The molecule has 0 aliphatic heterocycles. The first-order chi connectivity index (χ1) is 17.3. The lowest BCUT2D eigenvalue weighted by Crippen LogP contribution is -2.28. The molecule has 0 saturated heterocycles. The number of alkyl halides is 3. The van der Waals surface area contributed by atoms with E-state index < -0.39 is 31.5 Å². The number of hydrogen-bond acceptors (Lipinski definition) is 7. The van der Waals surface area contributed by atoms with E-state index in [1.54, 1.807) is 38.2 Å². The van der Waals surface area contributed by atoms with E-state index in [1.807, 2.05) is 6.92 Å². The summed E-state index contributed by atoms with van der Waals surface area (Å²) in [6, 6.07) is 6.18. The van der Waals surface area contributed by atoms with Crippen LogP contribution in [0.1, 0.15) is 24.0 Å². The quantitative estimate of drug-likeness (QED) is 0.370. The van der Waals surface area contributed by atoms with E-state index in [0.29, 0.717) is 16.8 Å². The molecular formula is C24H24F3N5O4. The van der Waals surface area contributed by atoms with Crippen LogP contribution in [0.3, 0.4) is 0 Å². The highest BCUT2D eigenvalue weighted by Gasteiger charge is 2.26. The topological polar surface area (TPSA) is 104 Å². The molecule has 9 nitrogen and oxygen atoms in total. The smallest absolute Gasteiger partial charge is 0.350 e. The Balaban J connectivity index is 1.95. The number of nitrogens with zero attached hydrogens (tertiary/aromatic N) is 5. The summed E-state index contributed by atoms with van der Waals surface area (Å²) in [5.41, 5.74) is 0.968. The number of aliphatic hydroxyl groups is 1. The molecule has 0 saturated carbocycles. The Hall–Kier alpha value is -3.93. The minimum Gasteiger partial charge on any atom is -0.481 e. The fourth-order valence-corrected chi connectivity index (χ4v) is 3.81. The zero-order valence-electron chi connectivity index (χ0n) is 19.8. The van der Waals surface area contributed by atoms with Gasteiger partial charge in [-0.3, -0.25) is 9.55 Å². The van der Waals surface area contributed by atoms with Crippen LogP contribution < -0.4 is 15.2 Å². The summed E-state index contributed by atoms with van der Waals surface area (Å²) < 4.78 is 54.1. The Labute approximate surface area is 203 Å². The zero-order valence-corrected chi connectivity index (χ0v) is 19.8. The number of ether oxygens (including phenoxy) is 2. The molecule has 3 aromatic heterocycles. The van der Waals surface area contributed by atoms with Crippen molar-refractivity contribution in [3.8, 4) is 23.1 Å². The lowest BCUT2D eigenvalue weighted by molar-refractivity contribution is -0.000431. The van der Waals surface area contributed by atoms with Crippen LogP contribution in [0.2, 0.25) is 0 Å². The van der Waals surface area contributed by atoms with Gasteiger partial charge in [-0.1, -0.05) is 0 Å². The Morgan fingerprint density at radius 1 is 1.14 bits per heavy atom. The first-order valence-electron chi connectivity index (χ1n) is 11.1. The second kappa shape index (κ2) is 10.4. The largest absolute Gasteiger partial charge is 0.481 e. The molecule has 0 fully saturated rings. The van der Waals surface area contributed by atoms with Crippen LogP contribution in [0, 0.1) is 13.8 Å². The normalized spacial score (nSPS) is 12.3. The van der Waals surface area contributed by atoms with Gasteiger partial charge in [0.05, 0.1) is 16.8 Å². The third-order valence-electron chi connectivity index (χ3n) is 5.61. The van der Waals surface area contributed by atoms with Gasteiger partial charge in [-0.15, -0.1) is 5.10 Å². The van der Waals surface area contributed by atoms with Crippen molar-refractivity contribution in [1.29, 1.82) is 0 Å². The minimum atomic E-state index is -3.11. The maximum Gasteiger partial charge on any atom is 0.350 e. The van der Waals surface area contributed by atoms with Gasteiger partial charge in [0, 0.05) is 25.0 Å². The lowest BCUT2D eigenvalue weighted by atomic mass is 10.1. The van der Waals surface area contributed by atoms with Crippen LogP contribution in [-0.4, -0.2) is 48.6 Å². The molecule has 0 spiro atoms. The maximum absolute atomic E-state index is 13.5. The number of benzene rings is 1. The Morgan fingerprint density at radius 2 is 1.89 bits per heavy atom. The number of aromatic nitrogens is 5. The van der Waals surface area contributed by atoms with Crippen LogP contribution in [0.25, 0.3) is 16.5 Å². The monoisotopic (exact) mass is 503 g/mol. The van der Waals surface area contributed by atoms with E-state index in [1.165, 1.54) is 16.8 Å². The van der Waals surface area contributed by atoms with E-state index in [2.05, 4.69) is 15.1 Å². The van der Waals surface area contributed by atoms with Gasteiger partial charge < -0.3 is 14.6 Å². The van der Waals surface area contributed by atoms with Gasteiger partial charge >= 0.3 is 5.69 Å². The van der Waals surface area contributed by atoms with Crippen molar-refractivity contribution in [2.24, 2.45) is 0 Å². The predicted molar refractivity (Wildman–Crippen MR) is 125 cm³/mol. The van der Waals surface area contributed by atoms with Gasteiger partial charge in [-0.25, -0.2) is 22.9 Å². The van der Waals surface area contributed by atoms with Gasteiger partial charge in [0.1, 0.15) is 19.0 Å². The molecule has 0 bridgehead atoms. The van der Waals surface area contributed by atoms with Crippen molar-refractivity contribution < 1.29 is 27.8 Å². The van der Waals surface area contributed by atoms with E-state index in [4.69, 9.17) is 9.47 Å². The van der Waals surface area contributed by atoms with Crippen LogP contribution in [-0.2, 0) is 13.2 Å². The summed E-state index contributed by atoms with van der Waals surface area (Å²) in [6.07, 6.45) is -2.10. The van der Waals surface area contributed by atoms with E-state index in [-0.39, 0.29) is 35.1 Å². The third kappa shape index (κ3) is 4.63. The standard InChI is InChI=1S/C24H24F3N5O4/c1-4-31-19(12-33)30-32(24(31)34)16-9-15-6-8-29-23(36-21-13(2)5-7-28-14(21)3)20(15)17(10-16)35-18(11-25)22(26)27/h5-10,18,22,33H,4,11-12H2,1-3H3. The van der Waals surface area contributed by atoms with Crippen molar-refractivity contribution in [2.45, 2.75) is 46.5 Å². The Kier molecular flexibility index (Phi) is 7.25. The van der Waals surface area contributed by atoms with Crippen molar-refractivity contribution in [3.05, 3.63) is 64.2 Å². The van der Waals surface area contributed by atoms with Gasteiger partial charge in [0.25, 0.3) is 6.43 Å². The van der Waals surface area contributed by atoms with Crippen molar-refractivity contribution in [3.63, 3.8) is 0 Å². The molecule has 1 unspecified atom stereocenters. The van der Waals surface area contributed by atoms with E-state index in [0.717, 1.165) is 10.2 Å². The maximum atomic E-state index is 13.5. The summed E-state index contributed by atoms with van der Waals surface area (Å²) >= 11 is 0. The number of pyridine rings is 2. The van der Waals surface area contributed by atoms with Gasteiger partial charge in [0.2, 0.25) is 5.88 Å². The Morgan fingerprint density at radius 3 is 2.50 bits per heavy atom. The molecule has 1 N–H and O–H groups in total. The molecule has 4 aromatic rings. The second-order valence-electron chi connectivity index (χ2n) is 7.96. The molecule has 0 radical (unpaired) electrons. The minimum absolute atomic E-state index is 0.0302. The summed E-state index contributed by atoms with van der Waals surface area (Å²) in [5, 5.41) is 14.3. The van der Waals surface area contributed by atoms with Crippen LogP contribution in [0.5, 0.6) is 17.4 Å². The van der Waals surface area contributed by atoms with Gasteiger partial charge in [0.15, 0.2) is 17.7 Å². The molecule has 36 heavy (non-hydrogen) atoms. The van der Waals surface area contributed by atoms with Gasteiger partial charge in [-0.05, 0) is 49.9 Å². The predicted octanol–water partition coefficient (Wildman–Crippen LogP) is 3.88. The summed E-state index contributed by atoms with van der Waals surface area (Å²) in [5.74, 6) is 0.410. The number of halogens is 3. The fraction of sp³-hybridized carbons (Fsp3) is 0.333. The average molecular weight is 503 g/mol. The highest BCUT2D eigenvalue weighted by molar-refractivity contribution is 5.94. The molecule has 1 aromatic carbocycles. The molecule has 1 atom stereocenters. The zero-order chi connectivity index (χ0) is 26.0. The Bertz CT molecular complexity index is 1430. The van der Waals surface area contributed by atoms with E-state index >= 15 is 0 Å². The molecule has 0 amide bonds. The first kappa shape index (κ1) is 25.2. The fourth-order valence-electron chi connectivity index (χ4n) is 3.81. The number of rotatable bonds is 9. The molecule has 190 valence electrons. The number of aliphatic hydroxyl groups excluding tert-OH is 1. The first-order valence-corrected chi connectivity index (χ1v) is 11.1. The number of aryl methyl sites for hydroxylation is 2. The number of hydrogen-bond donors (Lipinski definition) is 1. The summed E-state index contributed by atoms with van der Waals surface area (Å²) in [6.45, 7) is 3.61. The SMILES string of the molecule is CCn1c(CO)nn(-c2cc(OC(CF)C(F)F)c3c(Oc4c(C)ccnc4C)nccc3c2)c1=O. The molecule has 0 aliphatic rings. The van der Waals surface area contributed by atoms with Crippen LogP contribution in [0.15, 0.2) is 41.5 Å². The molecule has 4 rings (SSSR count). The number of fused-ring (bicyclic) bond motifs is 1. The van der Waals surface area contributed by atoms with Gasteiger partial charge in [-0.2, -0.15) is 4.68 Å². The van der Waals surface area contributed by atoms with Crippen molar-refractivity contribution in [1.82, 2.24) is 24.3 Å². The van der Waals surface area contributed by atoms with E-state index in [9.17, 15) is 23.1 Å². The molecule has 12 heteroatoms. The highest BCUT2D eigenvalue weighted by atomic mass is 19.3. The lowest BCUT2D eigenvalue weighted by Gasteiger charge is -2.19. The third-order valence-corrected chi connectivity index (χ3v) is 5.61. The highest BCUT2D eigenvalue weighted by Crippen LogP contribution is 2.38. The molecular weight excluding hydrogens is 479 g/mol. The van der Waals surface area contributed by atoms with Crippen molar-refractivity contribution >= 4 is 10.8 Å².